The average Bonchev–Trinajstić information content (AvgIpc) is 2.28. The second-order valence-electron chi connectivity index (χ2n) is 5.06. The first-order valence-corrected chi connectivity index (χ1v) is 8.48. The molecule has 0 aliphatic carbocycles. The number of nitrogens with zero attached hydrogens (tertiary/aromatic N) is 1. The minimum atomic E-state index is -2.83. The fourth-order valence-electron chi connectivity index (χ4n) is 2.26. The molecule has 1 atom stereocenters. The molecule has 0 aromatic rings. The largest absolute Gasteiger partial charge is 0.313 e. The molecule has 4 nitrogen and oxygen atoms in total. The summed E-state index contributed by atoms with van der Waals surface area (Å²) in [6.45, 7) is 4.63. The molecule has 1 heterocycles. The van der Waals surface area contributed by atoms with E-state index in [9.17, 15) is 8.42 Å². The van der Waals surface area contributed by atoms with Crippen LogP contribution in [0.3, 0.4) is 0 Å². The third-order valence-electron chi connectivity index (χ3n) is 3.24. The zero-order chi connectivity index (χ0) is 12.7. The quantitative estimate of drug-likeness (QED) is 0.740. The van der Waals surface area contributed by atoms with E-state index in [0.29, 0.717) is 24.1 Å². The Bertz CT molecular complexity index is 298. The van der Waals surface area contributed by atoms with Crippen LogP contribution in [0.5, 0.6) is 0 Å². The number of likely N-dealkylation sites (N-methyl/N-ethyl adjacent to an activating group) is 1. The number of nitrogens with one attached hydrogen (secondary N) is 1. The molecule has 0 saturated carbocycles. The van der Waals surface area contributed by atoms with E-state index in [1.54, 1.807) is 0 Å². The maximum Gasteiger partial charge on any atom is 0.151 e. The van der Waals surface area contributed by atoms with Crippen molar-refractivity contribution in [3.05, 3.63) is 0 Å². The lowest BCUT2D eigenvalue weighted by Gasteiger charge is -2.28. The fourth-order valence-corrected chi connectivity index (χ4v) is 3.67. The standard InChI is InChI=1S/C12H26N2O2S/c1-3-9-17(15,16)10-8-14(2)11-12-6-4-5-7-13-12/h12-13H,3-11H2,1-2H3. The van der Waals surface area contributed by atoms with Gasteiger partial charge in [-0.3, -0.25) is 0 Å². The molecule has 1 unspecified atom stereocenters. The number of piperidine rings is 1. The van der Waals surface area contributed by atoms with E-state index in [2.05, 4.69) is 10.2 Å². The summed E-state index contributed by atoms with van der Waals surface area (Å²) in [5, 5.41) is 3.48. The van der Waals surface area contributed by atoms with Gasteiger partial charge in [-0.05, 0) is 32.9 Å². The van der Waals surface area contributed by atoms with Gasteiger partial charge in [0.2, 0.25) is 0 Å². The molecule has 17 heavy (non-hydrogen) atoms. The highest BCUT2D eigenvalue weighted by Crippen LogP contribution is 2.07. The van der Waals surface area contributed by atoms with Gasteiger partial charge in [0.05, 0.1) is 5.75 Å². The third-order valence-corrected chi connectivity index (χ3v) is 5.08. The zero-order valence-corrected chi connectivity index (χ0v) is 11.9. The lowest BCUT2D eigenvalue weighted by atomic mass is 10.0. The Kier molecular flexibility index (Phi) is 6.44. The maximum absolute atomic E-state index is 11.6. The second-order valence-corrected chi connectivity index (χ2v) is 7.36. The van der Waals surface area contributed by atoms with E-state index in [1.807, 2.05) is 14.0 Å². The third kappa shape index (κ3) is 6.38. The molecule has 102 valence electrons. The fraction of sp³-hybridized carbons (Fsp3) is 1.00. The van der Waals surface area contributed by atoms with E-state index in [-0.39, 0.29) is 0 Å². The van der Waals surface area contributed by atoms with Crippen LogP contribution in [0.1, 0.15) is 32.6 Å². The molecule has 1 fully saturated rings. The monoisotopic (exact) mass is 262 g/mol. The summed E-state index contributed by atoms with van der Waals surface area (Å²) < 4.78 is 23.2. The maximum atomic E-state index is 11.6. The molecular formula is C12H26N2O2S. The van der Waals surface area contributed by atoms with Gasteiger partial charge >= 0.3 is 0 Å². The minimum Gasteiger partial charge on any atom is -0.313 e. The van der Waals surface area contributed by atoms with Gasteiger partial charge in [-0.1, -0.05) is 13.3 Å². The molecule has 0 aromatic carbocycles. The predicted molar refractivity (Wildman–Crippen MR) is 72.1 cm³/mol. The lowest BCUT2D eigenvalue weighted by Crippen LogP contribution is -2.43. The van der Waals surface area contributed by atoms with Crippen molar-refractivity contribution in [3.63, 3.8) is 0 Å². The SMILES string of the molecule is CCCS(=O)(=O)CCN(C)CC1CCCCN1. The Morgan fingerprint density at radius 2 is 2.06 bits per heavy atom. The van der Waals surface area contributed by atoms with Crippen LogP contribution in [0.2, 0.25) is 0 Å². The Hall–Kier alpha value is -0.130. The topological polar surface area (TPSA) is 49.4 Å². The van der Waals surface area contributed by atoms with Crippen molar-refractivity contribution in [1.29, 1.82) is 0 Å². The van der Waals surface area contributed by atoms with Crippen LogP contribution in [0.15, 0.2) is 0 Å². The number of hydrogen-bond acceptors (Lipinski definition) is 4. The van der Waals surface area contributed by atoms with Crippen LogP contribution in [-0.2, 0) is 9.84 Å². The summed E-state index contributed by atoms with van der Waals surface area (Å²) in [6.07, 6.45) is 4.49. The zero-order valence-electron chi connectivity index (χ0n) is 11.1. The van der Waals surface area contributed by atoms with Crippen LogP contribution >= 0.6 is 0 Å². The van der Waals surface area contributed by atoms with Gasteiger partial charge in [-0.2, -0.15) is 0 Å². The lowest BCUT2D eigenvalue weighted by molar-refractivity contribution is 0.272. The van der Waals surface area contributed by atoms with Crippen LogP contribution in [-0.4, -0.2) is 57.5 Å². The summed E-state index contributed by atoms with van der Waals surface area (Å²) in [4.78, 5) is 2.14. The number of rotatable bonds is 7. The van der Waals surface area contributed by atoms with Crippen LogP contribution in [0, 0.1) is 0 Å². The van der Waals surface area contributed by atoms with E-state index in [1.165, 1.54) is 19.3 Å². The molecule has 0 radical (unpaired) electrons. The molecule has 0 aromatic heterocycles. The molecule has 1 aliphatic rings. The summed E-state index contributed by atoms with van der Waals surface area (Å²) in [5.74, 6) is 0.618. The summed E-state index contributed by atoms with van der Waals surface area (Å²) in [5.41, 5.74) is 0. The predicted octanol–water partition coefficient (Wildman–Crippen LogP) is 0.885. The highest BCUT2D eigenvalue weighted by molar-refractivity contribution is 7.91. The van der Waals surface area contributed by atoms with E-state index >= 15 is 0 Å². The van der Waals surface area contributed by atoms with Crippen molar-refractivity contribution < 1.29 is 8.42 Å². The molecule has 1 rings (SSSR count). The van der Waals surface area contributed by atoms with Crippen molar-refractivity contribution in [2.75, 3.05) is 38.2 Å². The van der Waals surface area contributed by atoms with Gasteiger partial charge in [-0.25, -0.2) is 8.42 Å². The van der Waals surface area contributed by atoms with Gasteiger partial charge < -0.3 is 10.2 Å². The Balaban J connectivity index is 2.22. The Labute approximate surface area is 106 Å². The van der Waals surface area contributed by atoms with Gasteiger partial charge in [-0.15, -0.1) is 0 Å². The molecule has 1 saturated heterocycles. The van der Waals surface area contributed by atoms with E-state index in [4.69, 9.17) is 0 Å². The van der Waals surface area contributed by atoms with Gasteiger partial charge in [0.15, 0.2) is 9.84 Å². The Morgan fingerprint density at radius 3 is 2.65 bits per heavy atom. The van der Waals surface area contributed by atoms with Gasteiger partial charge in [0.25, 0.3) is 0 Å². The van der Waals surface area contributed by atoms with Crippen LogP contribution in [0.25, 0.3) is 0 Å². The van der Waals surface area contributed by atoms with Gasteiger partial charge in [0.1, 0.15) is 0 Å². The van der Waals surface area contributed by atoms with Crippen molar-refractivity contribution in [2.24, 2.45) is 0 Å². The smallest absolute Gasteiger partial charge is 0.151 e. The first-order valence-electron chi connectivity index (χ1n) is 6.66. The first kappa shape index (κ1) is 14.9. The highest BCUT2D eigenvalue weighted by atomic mass is 32.2. The van der Waals surface area contributed by atoms with Crippen molar-refractivity contribution in [2.45, 2.75) is 38.6 Å². The molecule has 0 spiro atoms. The van der Waals surface area contributed by atoms with Crippen LogP contribution < -0.4 is 5.32 Å². The molecular weight excluding hydrogens is 236 g/mol. The van der Waals surface area contributed by atoms with E-state index in [0.717, 1.165) is 19.5 Å². The normalized spacial score (nSPS) is 21.9. The van der Waals surface area contributed by atoms with Crippen molar-refractivity contribution in [1.82, 2.24) is 10.2 Å². The summed E-state index contributed by atoms with van der Waals surface area (Å²) >= 11 is 0. The first-order chi connectivity index (χ1) is 8.03. The second kappa shape index (κ2) is 7.34. The Morgan fingerprint density at radius 1 is 1.29 bits per heavy atom. The number of sulfone groups is 1. The highest BCUT2D eigenvalue weighted by Gasteiger charge is 2.16. The molecule has 1 N–H and O–H groups in total. The van der Waals surface area contributed by atoms with E-state index < -0.39 is 9.84 Å². The van der Waals surface area contributed by atoms with Crippen molar-refractivity contribution in [3.8, 4) is 0 Å². The van der Waals surface area contributed by atoms with Crippen molar-refractivity contribution >= 4 is 9.84 Å². The molecule has 5 heteroatoms. The summed E-state index contributed by atoms with van der Waals surface area (Å²) in [7, 11) is -0.818. The molecule has 0 amide bonds. The molecule has 0 bridgehead atoms. The summed E-state index contributed by atoms with van der Waals surface area (Å²) in [6, 6.07) is 0.544. The minimum absolute atomic E-state index is 0.296. The number of hydrogen-bond donors (Lipinski definition) is 1. The van der Waals surface area contributed by atoms with Crippen LogP contribution in [0.4, 0.5) is 0 Å². The molecule has 1 aliphatic heterocycles. The average molecular weight is 262 g/mol. The van der Waals surface area contributed by atoms with Gasteiger partial charge in [0, 0.05) is 24.9 Å².